The second-order valence-electron chi connectivity index (χ2n) is 10.1. The van der Waals surface area contributed by atoms with Gasteiger partial charge in [-0.3, -0.25) is 15.1 Å². The Morgan fingerprint density at radius 1 is 1.32 bits per heavy atom. The predicted octanol–water partition coefficient (Wildman–Crippen LogP) is 0.971. The highest BCUT2D eigenvalue weighted by atomic mass is 16.5. The Morgan fingerprint density at radius 2 is 2.10 bits per heavy atom. The molecular weight excluding hydrogens is 398 g/mol. The van der Waals surface area contributed by atoms with Crippen LogP contribution in [0.4, 0.5) is 0 Å². The molecule has 2 bridgehead atoms. The summed E-state index contributed by atoms with van der Waals surface area (Å²) in [5.41, 5.74) is 2.58. The van der Waals surface area contributed by atoms with Crippen LogP contribution in [-0.4, -0.2) is 76.1 Å². The third-order valence-electron chi connectivity index (χ3n) is 8.12. The number of piperidine rings is 1. The lowest BCUT2D eigenvalue weighted by atomic mass is 9.49. The summed E-state index contributed by atoms with van der Waals surface area (Å²) < 4.78 is 6.17. The number of aliphatic hydroxyl groups is 2. The monoisotopic (exact) mass is 427 g/mol. The fourth-order valence-electron chi connectivity index (χ4n) is 6.64. The number of hydrazine groups is 1. The number of hydrogen-bond acceptors (Lipinski definition) is 7. The number of carbonyl (C=O) groups excluding carboxylic acids is 1. The van der Waals surface area contributed by atoms with Crippen LogP contribution < -0.4 is 10.2 Å². The number of hydrogen-bond donors (Lipinski definition) is 4. The Morgan fingerprint density at radius 3 is 2.81 bits per heavy atom. The van der Waals surface area contributed by atoms with Crippen LogP contribution in [0, 0.1) is 5.92 Å². The molecule has 0 radical (unpaired) electrons. The molecule has 1 aromatic rings. The Balaban J connectivity index is 1.54. The number of carbonyl (C=O) groups is 1. The van der Waals surface area contributed by atoms with Crippen molar-refractivity contribution in [1.82, 2.24) is 15.3 Å². The number of phenolic OH excluding ortho intramolecular Hbond substituents is 1. The van der Waals surface area contributed by atoms with Gasteiger partial charge in [0.1, 0.15) is 5.76 Å². The molecule has 1 saturated heterocycles. The molecule has 5 aliphatic rings. The van der Waals surface area contributed by atoms with Crippen molar-refractivity contribution in [2.45, 2.75) is 55.3 Å². The number of aromatic hydroxyl groups is 1. The molecule has 0 unspecified atom stereocenters. The molecule has 3 aliphatic carbocycles. The topological polar surface area (TPSA) is 106 Å². The SMILES string of the molecule is CN(C)NC(=O)C1=C(O)[C@@H]2Oc3c(O)ccc4c3[C@@]23CCN(CC2CC2)[C@H](C4)[C@]3(O)C1. The summed E-state index contributed by atoms with van der Waals surface area (Å²) in [6.07, 6.45) is 2.86. The van der Waals surface area contributed by atoms with Crippen molar-refractivity contribution < 1.29 is 24.9 Å². The van der Waals surface area contributed by atoms with E-state index in [1.165, 1.54) is 17.9 Å². The van der Waals surface area contributed by atoms with Crippen LogP contribution in [0.15, 0.2) is 23.5 Å². The van der Waals surface area contributed by atoms with E-state index in [1.54, 1.807) is 20.2 Å². The number of rotatable bonds is 4. The Bertz CT molecular complexity index is 1020. The van der Waals surface area contributed by atoms with E-state index in [4.69, 9.17) is 4.74 Å². The zero-order valence-electron chi connectivity index (χ0n) is 17.9. The van der Waals surface area contributed by atoms with Gasteiger partial charge in [0.05, 0.1) is 16.6 Å². The van der Waals surface area contributed by atoms with E-state index in [1.807, 2.05) is 6.07 Å². The molecule has 6 rings (SSSR count). The summed E-state index contributed by atoms with van der Waals surface area (Å²) in [5, 5.41) is 35.7. The Kier molecular flexibility index (Phi) is 3.85. The molecule has 1 amide bonds. The quantitative estimate of drug-likeness (QED) is 0.531. The maximum Gasteiger partial charge on any atom is 0.265 e. The highest BCUT2D eigenvalue weighted by molar-refractivity contribution is 5.94. The van der Waals surface area contributed by atoms with Gasteiger partial charge in [0, 0.05) is 38.7 Å². The van der Waals surface area contributed by atoms with Crippen LogP contribution in [0.25, 0.3) is 0 Å². The molecule has 2 aliphatic heterocycles. The normalized spacial score (nSPS) is 35.7. The molecule has 2 heterocycles. The van der Waals surface area contributed by atoms with Crippen LogP contribution in [-0.2, 0) is 16.6 Å². The summed E-state index contributed by atoms with van der Waals surface area (Å²) in [4.78, 5) is 15.3. The number of phenols is 1. The summed E-state index contributed by atoms with van der Waals surface area (Å²) in [6, 6.07) is 3.38. The van der Waals surface area contributed by atoms with E-state index in [2.05, 4.69) is 10.3 Å². The summed E-state index contributed by atoms with van der Waals surface area (Å²) >= 11 is 0. The zero-order chi connectivity index (χ0) is 21.7. The summed E-state index contributed by atoms with van der Waals surface area (Å²) in [7, 11) is 3.40. The molecule has 4 N–H and O–H groups in total. The van der Waals surface area contributed by atoms with Gasteiger partial charge in [0.15, 0.2) is 17.6 Å². The highest BCUT2D eigenvalue weighted by Crippen LogP contribution is 2.66. The van der Waals surface area contributed by atoms with Gasteiger partial charge in [-0.1, -0.05) is 6.07 Å². The minimum Gasteiger partial charge on any atom is -0.508 e. The standard InChI is InChI=1S/C23H29N3O5/c1-25(2)24-21(29)14-10-23(30)16-9-13-5-6-15(27)19-17(13)22(23,20(31-19)18(14)28)7-8-26(16)11-12-3-4-12/h5-6,12,16,20,27-28,30H,3-4,7-11H2,1-2H3,(H,24,29)/t16-,20+,22+,23-/m1/s1. The van der Waals surface area contributed by atoms with Crippen LogP contribution in [0.1, 0.15) is 36.8 Å². The van der Waals surface area contributed by atoms with Gasteiger partial charge in [-0.05, 0) is 49.8 Å². The highest BCUT2D eigenvalue weighted by Gasteiger charge is 2.73. The average Bonchev–Trinajstić information content (AvgIpc) is 3.44. The van der Waals surface area contributed by atoms with Gasteiger partial charge >= 0.3 is 0 Å². The lowest BCUT2D eigenvalue weighted by Crippen LogP contribution is -2.75. The number of aliphatic hydroxyl groups excluding tert-OH is 1. The molecule has 2 fully saturated rings. The van der Waals surface area contributed by atoms with E-state index < -0.39 is 23.0 Å². The minimum atomic E-state index is -1.28. The van der Waals surface area contributed by atoms with Gasteiger partial charge in [-0.15, -0.1) is 0 Å². The fraction of sp³-hybridized carbons (Fsp3) is 0.609. The molecule has 8 heteroatoms. The largest absolute Gasteiger partial charge is 0.508 e. The lowest BCUT2D eigenvalue weighted by Gasteiger charge is -2.62. The molecule has 1 saturated carbocycles. The number of amides is 1. The number of benzene rings is 1. The van der Waals surface area contributed by atoms with Gasteiger partial charge in [-0.25, -0.2) is 5.01 Å². The van der Waals surface area contributed by atoms with Crippen molar-refractivity contribution in [2.75, 3.05) is 27.2 Å². The number of ether oxygens (including phenoxy) is 1. The molecule has 1 aromatic carbocycles. The number of nitrogens with one attached hydrogen (secondary N) is 1. The predicted molar refractivity (Wildman–Crippen MR) is 112 cm³/mol. The van der Waals surface area contributed by atoms with Crippen LogP contribution in [0.2, 0.25) is 0 Å². The summed E-state index contributed by atoms with van der Waals surface area (Å²) in [5.74, 6) is 0.454. The minimum absolute atomic E-state index is 0.0100. The van der Waals surface area contributed by atoms with E-state index in [0.29, 0.717) is 24.5 Å². The molecule has 0 aromatic heterocycles. The van der Waals surface area contributed by atoms with Crippen LogP contribution >= 0.6 is 0 Å². The summed E-state index contributed by atoms with van der Waals surface area (Å²) in [6.45, 7) is 1.74. The lowest BCUT2D eigenvalue weighted by molar-refractivity contribution is -0.173. The van der Waals surface area contributed by atoms with Crippen molar-refractivity contribution in [1.29, 1.82) is 0 Å². The van der Waals surface area contributed by atoms with E-state index >= 15 is 0 Å². The molecule has 31 heavy (non-hydrogen) atoms. The second kappa shape index (κ2) is 6.15. The van der Waals surface area contributed by atoms with Crippen molar-refractivity contribution in [3.8, 4) is 11.5 Å². The molecule has 166 valence electrons. The molecular formula is C23H29N3O5. The smallest absolute Gasteiger partial charge is 0.265 e. The van der Waals surface area contributed by atoms with Gasteiger partial charge in [0.2, 0.25) is 0 Å². The molecule has 4 atom stereocenters. The van der Waals surface area contributed by atoms with Gasteiger partial charge in [-0.2, -0.15) is 0 Å². The van der Waals surface area contributed by atoms with Crippen LogP contribution in [0.5, 0.6) is 11.5 Å². The average molecular weight is 428 g/mol. The van der Waals surface area contributed by atoms with Crippen molar-refractivity contribution in [3.05, 3.63) is 34.6 Å². The van der Waals surface area contributed by atoms with Gasteiger partial charge in [0.25, 0.3) is 5.91 Å². The first kappa shape index (κ1) is 19.4. The second-order valence-corrected chi connectivity index (χ2v) is 10.1. The van der Waals surface area contributed by atoms with Crippen LogP contribution in [0.3, 0.4) is 0 Å². The molecule has 1 spiro atoms. The third-order valence-corrected chi connectivity index (χ3v) is 8.12. The maximum atomic E-state index is 13.0. The maximum absolute atomic E-state index is 13.0. The van der Waals surface area contributed by atoms with E-state index in [9.17, 15) is 20.1 Å². The first-order valence-electron chi connectivity index (χ1n) is 11.1. The number of nitrogens with zero attached hydrogens (tertiary/aromatic N) is 2. The fourth-order valence-corrected chi connectivity index (χ4v) is 6.64. The first-order chi connectivity index (χ1) is 14.8. The van der Waals surface area contributed by atoms with Crippen molar-refractivity contribution in [3.63, 3.8) is 0 Å². The Labute approximate surface area is 181 Å². The number of likely N-dealkylation sites (tertiary alicyclic amines) is 1. The third kappa shape index (κ3) is 2.38. The van der Waals surface area contributed by atoms with Crippen molar-refractivity contribution >= 4 is 5.91 Å². The van der Waals surface area contributed by atoms with Crippen molar-refractivity contribution in [2.24, 2.45) is 5.92 Å². The first-order valence-corrected chi connectivity index (χ1v) is 11.1. The zero-order valence-corrected chi connectivity index (χ0v) is 17.9. The van der Waals surface area contributed by atoms with Gasteiger partial charge < -0.3 is 20.1 Å². The Hall–Kier alpha value is -2.29. The van der Waals surface area contributed by atoms with E-state index in [0.717, 1.165) is 24.2 Å². The molecule has 8 nitrogen and oxygen atoms in total. The van der Waals surface area contributed by atoms with E-state index in [-0.39, 0.29) is 29.5 Å².